The molecular formula is C11H15N3O. The van der Waals surface area contributed by atoms with Crippen LogP contribution in [0.25, 0.3) is 0 Å². The molecule has 1 aliphatic heterocycles. The van der Waals surface area contributed by atoms with E-state index in [0.717, 1.165) is 31.7 Å². The lowest BCUT2D eigenvalue weighted by Crippen LogP contribution is -2.25. The summed E-state index contributed by atoms with van der Waals surface area (Å²) >= 11 is 0. The third-order valence-corrected chi connectivity index (χ3v) is 3.71. The molecule has 15 heavy (non-hydrogen) atoms. The normalized spacial score (nSPS) is 34.5. The van der Waals surface area contributed by atoms with E-state index < -0.39 is 0 Å². The maximum absolute atomic E-state index is 9.80. The Labute approximate surface area is 89.0 Å². The van der Waals surface area contributed by atoms with Gasteiger partial charge in [-0.25, -0.2) is 9.97 Å². The molecule has 0 radical (unpaired) electrons. The molecule has 3 atom stereocenters. The standard InChI is InChI=1S/C11H15N3O/c15-10-2-1-8-5-14(6-9(8)10)11-3-4-12-7-13-11/h3-4,7-10,15H,1-2,5-6H2. The Balaban J connectivity index is 1.77. The predicted molar refractivity (Wildman–Crippen MR) is 56.5 cm³/mol. The van der Waals surface area contributed by atoms with Crippen molar-refractivity contribution >= 4 is 5.82 Å². The molecule has 1 saturated carbocycles. The van der Waals surface area contributed by atoms with E-state index in [4.69, 9.17) is 0 Å². The highest BCUT2D eigenvalue weighted by molar-refractivity contribution is 5.38. The molecule has 3 unspecified atom stereocenters. The second-order valence-corrected chi connectivity index (χ2v) is 4.54. The molecule has 2 aliphatic rings. The number of aliphatic hydroxyl groups excluding tert-OH is 1. The van der Waals surface area contributed by atoms with E-state index in [1.54, 1.807) is 12.5 Å². The Bertz CT molecular complexity index is 343. The molecule has 1 aliphatic carbocycles. The summed E-state index contributed by atoms with van der Waals surface area (Å²) in [4.78, 5) is 10.4. The van der Waals surface area contributed by atoms with E-state index in [9.17, 15) is 5.11 Å². The Morgan fingerprint density at radius 3 is 3.00 bits per heavy atom. The minimum Gasteiger partial charge on any atom is -0.393 e. The second kappa shape index (κ2) is 3.45. The summed E-state index contributed by atoms with van der Waals surface area (Å²) in [5.74, 6) is 2.11. The van der Waals surface area contributed by atoms with Crippen LogP contribution in [0.5, 0.6) is 0 Å². The quantitative estimate of drug-likeness (QED) is 0.732. The Morgan fingerprint density at radius 1 is 1.33 bits per heavy atom. The third kappa shape index (κ3) is 1.49. The Morgan fingerprint density at radius 2 is 2.27 bits per heavy atom. The van der Waals surface area contributed by atoms with Crippen molar-refractivity contribution in [2.45, 2.75) is 18.9 Å². The molecule has 4 heteroatoms. The van der Waals surface area contributed by atoms with Gasteiger partial charge in [0, 0.05) is 25.2 Å². The highest BCUT2D eigenvalue weighted by Gasteiger charge is 2.42. The third-order valence-electron chi connectivity index (χ3n) is 3.71. The van der Waals surface area contributed by atoms with Crippen molar-refractivity contribution in [2.75, 3.05) is 18.0 Å². The molecule has 0 aromatic carbocycles. The SMILES string of the molecule is OC1CCC2CN(c3ccncn3)CC12. The molecule has 0 spiro atoms. The minimum atomic E-state index is -0.0955. The highest BCUT2D eigenvalue weighted by Crippen LogP contribution is 2.39. The van der Waals surface area contributed by atoms with Gasteiger partial charge in [-0.1, -0.05) is 0 Å². The zero-order chi connectivity index (χ0) is 10.3. The van der Waals surface area contributed by atoms with Gasteiger partial charge in [-0.05, 0) is 24.8 Å². The lowest BCUT2D eigenvalue weighted by atomic mass is 10.00. The first-order valence-electron chi connectivity index (χ1n) is 5.53. The first-order valence-corrected chi connectivity index (χ1v) is 5.53. The van der Waals surface area contributed by atoms with Gasteiger partial charge in [0.2, 0.25) is 0 Å². The predicted octanol–water partition coefficient (Wildman–Crippen LogP) is 0.684. The first-order chi connectivity index (χ1) is 7.34. The monoisotopic (exact) mass is 205 g/mol. The first kappa shape index (κ1) is 9.09. The number of aromatic nitrogens is 2. The zero-order valence-electron chi connectivity index (χ0n) is 8.58. The number of hydrogen-bond donors (Lipinski definition) is 1. The number of fused-ring (bicyclic) bond motifs is 1. The summed E-state index contributed by atoms with van der Waals surface area (Å²) in [7, 11) is 0. The number of hydrogen-bond acceptors (Lipinski definition) is 4. The van der Waals surface area contributed by atoms with Gasteiger partial charge >= 0.3 is 0 Å². The highest BCUT2D eigenvalue weighted by atomic mass is 16.3. The van der Waals surface area contributed by atoms with Crippen molar-refractivity contribution < 1.29 is 5.11 Å². The summed E-state index contributed by atoms with van der Waals surface area (Å²) in [6, 6.07) is 1.94. The zero-order valence-corrected chi connectivity index (χ0v) is 8.58. The van der Waals surface area contributed by atoms with Crippen LogP contribution in [-0.4, -0.2) is 34.3 Å². The molecule has 4 nitrogen and oxygen atoms in total. The van der Waals surface area contributed by atoms with Crippen LogP contribution in [0.3, 0.4) is 0 Å². The van der Waals surface area contributed by atoms with Crippen LogP contribution >= 0.6 is 0 Å². The fourth-order valence-corrected chi connectivity index (χ4v) is 2.89. The van der Waals surface area contributed by atoms with E-state index in [-0.39, 0.29) is 6.10 Å². The Kier molecular flexibility index (Phi) is 2.09. The van der Waals surface area contributed by atoms with Crippen molar-refractivity contribution in [3.05, 3.63) is 18.6 Å². The van der Waals surface area contributed by atoms with Crippen molar-refractivity contribution in [1.29, 1.82) is 0 Å². The van der Waals surface area contributed by atoms with Gasteiger partial charge in [0.1, 0.15) is 12.1 Å². The van der Waals surface area contributed by atoms with Gasteiger partial charge in [0.25, 0.3) is 0 Å². The Hall–Kier alpha value is -1.16. The maximum atomic E-state index is 9.80. The van der Waals surface area contributed by atoms with Crippen LogP contribution in [0.2, 0.25) is 0 Å². The van der Waals surface area contributed by atoms with E-state index in [2.05, 4.69) is 14.9 Å². The second-order valence-electron chi connectivity index (χ2n) is 4.54. The average Bonchev–Trinajstić information content (AvgIpc) is 2.83. The summed E-state index contributed by atoms with van der Waals surface area (Å²) in [5, 5.41) is 9.80. The van der Waals surface area contributed by atoms with Gasteiger partial charge in [0.05, 0.1) is 6.10 Å². The molecule has 1 aromatic heterocycles. The molecular weight excluding hydrogens is 190 g/mol. The smallest absolute Gasteiger partial charge is 0.131 e. The van der Waals surface area contributed by atoms with Gasteiger partial charge < -0.3 is 10.0 Å². The lowest BCUT2D eigenvalue weighted by molar-refractivity contribution is 0.133. The van der Waals surface area contributed by atoms with Gasteiger partial charge in [-0.2, -0.15) is 0 Å². The molecule has 2 heterocycles. The summed E-state index contributed by atoms with van der Waals surface area (Å²) in [5.41, 5.74) is 0. The van der Waals surface area contributed by atoms with Gasteiger partial charge in [0.15, 0.2) is 0 Å². The summed E-state index contributed by atoms with van der Waals surface area (Å²) < 4.78 is 0. The van der Waals surface area contributed by atoms with E-state index in [0.29, 0.717) is 11.8 Å². The summed E-state index contributed by atoms with van der Waals surface area (Å²) in [6.45, 7) is 1.99. The van der Waals surface area contributed by atoms with E-state index in [1.807, 2.05) is 6.07 Å². The van der Waals surface area contributed by atoms with Gasteiger partial charge in [-0.3, -0.25) is 0 Å². The van der Waals surface area contributed by atoms with Crippen molar-refractivity contribution in [3.63, 3.8) is 0 Å². The number of rotatable bonds is 1. The lowest BCUT2D eigenvalue weighted by Gasteiger charge is -2.18. The molecule has 2 fully saturated rings. The molecule has 1 N–H and O–H groups in total. The molecule has 80 valence electrons. The van der Waals surface area contributed by atoms with Crippen LogP contribution in [-0.2, 0) is 0 Å². The molecule has 3 rings (SSSR count). The van der Waals surface area contributed by atoms with Crippen LogP contribution < -0.4 is 4.90 Å². The van der Waals surface area contributed by atoms with Crippen LogP contribution in [0.4, 0.5) is 5.82 Å². The average molecular weight is 205 g/mol. The molecule has 1 aromatic rings. The number of aliphatic hydroxyl groups is 1. The molecule has 0 bridgehead atoms. The van der Waals surface area contributed by atoms with Crippen molar-refractivity contribution in [1.82, 2.24) is 9.97 Å². The maximum Gasteiger partial charge on any atom is 0.131 e. The van der Waals surface area contributed by atoms with E-state index >= 15 is 0 Å². The van der Waals surface area contributed by atoms with Crippen LogP contribution in [0.15, 0.2) is 18.6 Å². The fourth-order valence-electron chi connectivity index (χ4n) is 2.89. The molecule has 0 amide bonds. The number of anilines is 1. The topological polar surface area (TPSA) is 49.2 Å². The van der Waals surface area contributed by atoms with Crippen molar-refractivity contribution in [2.24, 2.45) is 11.8 Å². The largest absolute Gasteiger partial charge is 0.393 e. The summed E-state index contributed by atoms with van der Waals surface area (Å²) in [6.07, 6.45) is 5.40. The van der Waals surface area contributed by atoms with Crippen molar-refractivity contribution in [3.8, 4) is 0 Å². The molecule has 1 saturated heterocycles. The van der Waals surface area contributed by atoms with Crippen LogP contribution in [0.1, 0.15) is 12.8 Å². The number of nitrogens with zero attached hydrogens (tertiary/aromatic N) is 3. The van der Waals surface area contributed by atoms with Gasteiger partial charge in [-0.15, -0.1) is 0 Å². The fraction of sp³-hybridized carbons (Fsp3) is 0.636. The van der Waals surface area contributed by atoms with E-state index in [1.165, 1.54) is 0 Å². The van der Waals surface area contributed by atoms with Crippen LogP contribution in [0, 0.1) is 11.8 Å². The minimum absolute atomic E-state index is 0.0955.